The number of H-pyrrole nitrogens is 1. The van der Waals surface area contributed by atoms with Crippen LogP contribution in [0, 0.1) is 0 Å². The highest BCUT2D eigenvalue weighted by Crippen LogP contribution is 2.31. The second-order valence-corrected chi connectivity index (χ2v) is 10.3. The zero-order valence-electron chi connectivity index (χ0n) is 22.2. The fourth-order valence-electron chi connectivity index (χ4n) is 5.07. The maximum Gasteiger partial charge on any atom is 0.139 e. The molecule has 2 aliphatic heterocycles. The highest BCUT2D eigenvalue weighted by molar-refractivity contribution is 6.15. The standard InChI is InChI=1S/C29H34N8O/c1-35(2)12-13-38-23-14-22(17-30-19-23)20-4-5-21-18-32-34-28(24(21)15-20)26-16-25-27(6-7-31-29(25)33-26)37-10-8-36(3)9-11-37/h4-7,14-17,19,32H,8-13,18H2,1-3H3,(H,31,33). The Bertz CT molecular complexity index is 1470. The van der Waals surface area contributed by atoms with Crippen LogP contribution in [0.4, 0.5) is 5.69 Å². The van der Waals surface area contributed by atoms with Crippen molar-refractivity contribution in [1.82, 2.24) is 30.2 Å². The Labute approximate surface area is 223 Å². The molecule has 1 aromatic carbocycles. The van der Waals surface area contributed by atoms with Crippen LogP contribution in [0.25, 0.3) is 22.2 Å². The van der Waals surface area contributed by atoms with E-state index in [0.29, 0.717) is 13.2 Å². The molecular formula is C29H34N8O. The van der Waals surface area contributed by atoms with E-state index in [0.717, 1.165) is 77.6 Å². The van der Waals surface area contributed by atoms with Crippen molar-refractivity contribution in [2.24, 2.45) is 5.10 Å². The van der Waals surface area contributed by atoms with Crippen LogP contribution in [-0.2, 0) is 6.54 Å². The van der Waals surface area contributed by atoms with Gasteiger partial charge in [0.05, 0.1) is 18.4 Å². The number of hydrogen-bond acceptors (Lipinski definition) is 8. The van der Waals surface area contributed by atoms with Crippen molar-refractivity contribution in [2.45, 2.75) is 6.54 Å². The number of nitrogens with zero attached hydrogens (tertiary/aromatic N) is 6. The lowest BCUT2D eigenvalue weighted by Crippen LogP contribution is -2.44. The van der Waals surface area contributed by atoms with Crippen molar-refractivity contribution in [3.8, 4) is 16.9 Å². The van der Waals surface area contributed by atoms with Crippen molar-refractivity contribution in [3.63, 3.8) is 0 Å². The van der Waals surface area contributed by atoms with Crippen LogP contribution in [0.3, 0.4) is 0 Å². The van der Waals surface area contributed by atoms with E-state index in [9.17, 15) is 0 Å². The van der Waals surface area contributed by atoms with Gasteiger partial charge < -0.3 is 29.8 Å². The van der Waals surface area contributed by atoms with Crippen molar-refractivity contribution < 1.29 is 4.74 Å². The number of aromatic amines is 1. The fourth-order valence-corrected chi connectivity index (χ4v) is 5.07. The Hall–Kier alpha value is -3.95. The summed E-state index contributed by atoms with van der Waals surface area (Å²) in [6, 6.07) is 12.9. The van der Waals surface area contributed by atoms with Gasteiger partial charge in [0.1, 0.15) is 23.7 Å². The van der Waals surface area contributed by atoms with Gasteiger partial charge in [0.25, 0.3) is 0 Å². The lowest BCUT2D eigenvalue weighted by atomic mass is 9.95. The molecule has 0 spiro atoms. The van der Waals surface area contributed by atoms with Crippen molar-refractivity contribution in [1.29, 1.82) is 0 Å². The monoisotopic (exact) mass is 510 g/mol. The summed E-state index contributed by atoms with van der Waals surface area (Å²) in [7, 11) is 6.25. The van der Waals surface area contributed by atoms with Crippen LogP contribution in [0.1, 0.15) is 16.8 Å². The third-order valence-corrected chi connectivity index (χ3v) is 7.29. The normalized spacial score (nSPS) is 15.9. The van der Waals surface area contributed by atoms with Gasteiger partial charge >= 0.3 is 0 Å². The Morgan fingerprint density at radius 2 is 1.87 bits per heavy atom. The van der Waals surface area contributed by atoms with Crippen LogP contribution in [0.15, 0.2) is 60.1 Å². The molecule has 2 N–H and O–H groups in total. The number of hydrogen-bond donors (Lipinski definition) is 2. The molecule has 0 unspecified atom stereocenters. The summed E-state index contributed by atoms with van der Waals surface area (Å²) in [6.07, 6.45) is 5.54. The largest absolute Gasteiger partial charge is 0.491 e. The van der Waals surface area contributed by atoms with Crippen LogP contribution >= 0.6 is 0 Å². The van der Waals surface area contributed by atoms with E-state index in [4.69, 9.17) is 9.84 Å². The van der Waals surface area contributed by atoms with Crippen molar-refractivity contribution in [2.75, 3.05) is 65.4 Å². The number of piperazine rings is 1. The molecule has 1 fully saturated rings. The lowest BCUT2D eigenvalue weighted by Gasteiger charge is -2.34. The van der Waals surface area contributed by atoms with E-state index < -0.39 is 0 Å². The summed E-state index contributed by atoms with van der Waals surface area (Å²) in [5, 5.41) is 5.87. The molecule has 38 heavy (non-hydrogen) atoms. The number of aromatic nitrogens is 3. The summed E-state index contributed by atoms with van der Waals surface area (Å²) in [5.41, 5.74) is 11.6. The first-order valence-corrected chi connectivity index (χ1v) is 13.1. The second kappa shape index (κ2) is 10.4. The number of anilines is 1. The smallest absolute Gasteiger partial charge is 0.139 e. The number of ether oxygens (including phenoxy) is 1. The van der Waals surface area contributed by atoms with Crippen LogP contribution in [0.2, 0.25) is 0 Å². The molecule has 1 saturated heterocycles. The van der Waals surface area contributed by atoms with Gasteiger partial charge in [-0.15, -0.1) is 0 Å². The van der Waals surface area contributed by atoms with Gasteiger partial charge in [-0.2, -0.15) is 5.10 Å². The average Bonchev–Trinajstić information content (AvgIpc) is 3.37. The lowest BCUT2D eigenvalue weighted by molar-refractivity contribution is 0.261. The Morgan fingerprint density at radius 3 is 2.71 bits per heavy atom. The minimum absolute atomic E-state index is 0.620. The molecule has 5 heterocycles. The molecule has 2 aliphatic rings. The molecule has 0 bridgehead atoms. The molecule has 0 atom stereocenters. The van der Waals surface area contributed by atoms with Gasteiger partial charge in [-0.05, 0) is 56.5 Å². The first-order chi connectivity index (χ1) is 18.5. The predicted molar refractivity (Wildman–Crippen MR) is 152 cm³/mol. The quantitative estimate of drug-likeness (QED) is 0.395. The van der Waals surface area contributed by atoms with Crippen molar-refractivity contribution >= 4 is 22.4 Å². The third kappa shape index (κ3) is 4.94. The molecule has 0 saturated carbocycles. The third-order valence-electron chi connectivity index (χ3n) is 7.29. The zero-order valence-corrected chi connectivity index (χ0v) is 22.2. The maximum absolute atomic E-state index is 5.93. The second-order valence-electron chi connectivity index (χ2n) is 10.3. The molecule has 0 radical (unpaired) electrons. The minimum Gasteiger partial charge on any atom is -0.491 e. The van der Waals surface area contributed by atoms with E-state index in [1.807, 2.05) is 26.5 Å². The van der Waals surface area contributed by atoms with E-state index in [1.165, 1.54) is 11.3 Å². The highest BCUT2D eigenvalue weighted by Gasteiger charge is 2.22. The highest BCUT2D eigenvalue weighted by atomic mass is 16.5. The zero-order chi connectivity index (χ0) is 26.1. The van der Waals surface area contributed by atoms with Crippen molar-refractivity contribution in [3.05, 3.63) is 71.8 Å². The number of benzene rings is 1. The molecular weight excluding hydrogens is 476 g/mol. The maximum atomic E-state index is 5.93. The Kier molecular flexibility index (Phi) is 6.70. The number of nitrogens with one attached hydrogen (secondary N) is 2. The van der Waals surface area contributed by atoms with E-state index in [2.05, 4.69) is 78.5 Å². The predicted octanol–water partition coefficient (Wildman–Crippen LogP) is 3.17. The first kappa shape index (κ1) is 24.4. The summed E-state index contributed by atoms with van der Waals surface area (Å²) >= 11 is 0. The molecule has 0 aliphatic carbocycles. The summed E-state index contributed by atoms with van der Waals surface area (Å²) in [4.78, 5) is 19.5. The number of likely N-dealkylation sites (N-methyl/N-ethyl adjacent to an activating group) is 2. The van der Waals surface area contributed by atoms with Gasteiger partial charge in [-0.3, -0.25) is 4.98 Å². The van der Waals surface area contributed by atoms with Crippen LogP contribution < -0.4 is 15.1 Å². The molecule has 4 aromatic rings. The molecule has 196 valence electrons. The molecule has 0 amide bonds. The van der Waals surface area contributed by atoms with Gasteiger partial charge in [0.15, 0.2) is 0 Å². The van der Waals surface area contributed by atoms with Crippen LogP contribution in [0.5, 0.6) is 5.75 Å². The van der Waals surface area contributed by atoms with Gasteiger partial charge in [-0.1, -0.05) is 12.1 Å². The fraction of sp³-hybridized carbons (Fsp3) is 0.345. The Balaban J connectivity index is 1.31. The summed E-state index contributed by atoms with van der Waals surface area (Å²) in [5.74, 6) is 0.774. The number of rotatable bonds is 7. The molecule has 6 rings (SSSR count). The number of fused-ring (bicyclic) bond motifs is 2. The van der Waals surface area contributed by atoms with E-state index in [1.54, 1.807) is 6.20 Å². The van der Waals surface area contributed by atoms with E-state index >= 15 is 0 Å². The SMILES string of the molecule is CN(C)CCOc1cncc(-c2ccc3c(c2)C(c2cc4c(N5CCN(C)CC5)ccnc4[nH]2)=NNC3)c1. The minimum atomic E-state index is 0.620. The molecule has 9 heteroatoms. The average molecular weight is 511 g/mol. The molecule has 9 nitrogen and oxygen atoms in total. The topological polar surface area (TPSA) is 84.9 Å². The van der Waals surface area contributed by atoms with Crippen LogP contribution in [-0.4, -0.2) is 90.9 Å². The summed E-state index contributed by atoms with van der Waals surface area (Å²) < 4.78 is 5.93. The summed E-state index contributed by atoms with van der Waals surface area (Å²) in [6.45, 7) is 6.31. The van der Waals surface area contributed by atoms with Gasteiger partial charge in [-0.25, -0.2) is 4.98 Å². The first-order valence-electron chi connectivity index (χ1n) is 13.1. The van der Waals surface area contributed by atoms with E-state index in [-0.39, 0.29) is 0 Å². The Morgan fingerprint density at radius 1 is 1.00 bits per heavy atom. The van der Waals surface area contributed by atoms with Gasteiger partial charge in [0, 0.05) is 67.3 Å². The number of pyridine rings is 2. The number of hydrazone groups is 1. The molecule has 3 aromatic heterocycles. The van der Waals surface area contributed by atoms with Gasteiger partial charge in [0.2, 0.25) is 0 Å².